The number of hydrogen-bond acceptors (Lipinski definition) is 1. The smallest absolute Gasteiger partial charge is 0.244 e. The topological polar surface area (TPSA) is 43.1 Å². The number of carbonyl (C=O) groups is 1. The second-order valence-electron chi connectivity index (χ2n) is 7.58. The fourth-order valence-corrected chi connectivity index (χ4v) is 3.25. The van der Waals surface area contributed by atoms with Crippen LogP contribution in [-0.4, -0.2) is 5.91 Å². The quantitative estimate of drug-likeness (QED) is 0.227. The van der Waals surface area contributed by atoms with Crippen molar-refractivity contribution in [2.45, 2.75) is 117 Å². The van der Waals surface area contributed by atoms with E-state index in [1.807, 2.05) is 13.0 Å². The molecule has 1 unspecified atom stereocenters. The first-order valence-electron chi connectivity index (χ1n) is 10.6. The largest absolute Gasteiger partial charge is 0.366 e. The molecule has 0 rings (SSSR count). The third-order valence-electron chi connectivity index (χ3n) is 4.94. The van der Waals surface area contributed by atoms with Crippen LogP contribution in [0.4, 0.5) is 0 Å². The third-order valence-corrected chi connectivity index (χ3v) is 4.94. The van der Waals surface area contributed by atoms with Gasteiger partial charge in [-0.2, -0.15) is 0 Å². The summed E-state index contributed by atoms with van der Waals surface area (Å²) in [6.45, 7) is 6.27. The van der Waals surface area contributed by atoms with Gasteiger partial charge in [-0.15, -0.1) is 0 Å². The number of amides is 1. The second kappa shape index (κ2) is 17.0. The highest BCUT2D eigenvalue weighted by Crippen LogP contribution is 2.16. The molecule has 0 aliphatic carbocycles. The maximum atomic E-state index is 11.0. The lowest BCUT2D eigenvalue weighted by molar-refractivity contribution is -0.114. The molecule has 142 valence electrons. The fourth-order valence-electron chi connectivity index (χ4n) is 3.25. The maximum absolute atomic E-state index is 11.0. The van der Waals surface area contributed by atoms with Crippen molar-refractivity contribution in [3.05, 3.63) is 11.6 Å². The van der Waals surface area contributed by atoms with Crippen LogP contribution in [0.1, 0.15) is 117 Å². The summed E-state index contributed by atoms with van der Waals surface area (Å²) in [6.07, 6.45) is 22.8. The lowest BCUT2D eigenvalue weighted by Crippen LogP contribution is -2.12. The van der Waals surface area contributed by atoms with Gasteiger partial charge in [0.2, 0.25) is 5.91 Å². The summed E-state index contributed by atoms with van der Waals surface area (Å²) in [4.78, 5) is 11.0. The highest BCUT2D eigenvalue weighted by molar-refractivity contribution is 5.91. The van der Waals surface area contributed by atoms with Crippen molar-refractivity contribution in [2.75, 3.05) is 0 Å². The molecule has 2 heteroatoms. The van der Waals surface area contributed by atoms with Crippen LogP contribution in [-0.2, 0) is 4.79 Å². The zero-order chi connectivity index (χ0) is 18.0. The third kappa shape index (κ3) is 16.1. The van der Waals surface area contributed by atoms with Crippen LogP contribution in [0, 0.1) is 5.92 Å². The Kier molecular flexibility index (Phi) is 16.5. The normalized spacial score (nSPS) is 13.2. The van der Waals surface area contributed by atoms with E-state index in [1.54, 1.807) is 0 Å². The molecule has 0 aromatic heterocycles. The summed E-state index contributed by atoms with van der Waals surface area (Å²) < 4.78 is 0. The predicted octanol–water partition coefficient (Wildman–Crippen LogP) is 6.93. The van der Waals surface area contributed by atoms with E-state index in [0.29, 0.717) is 11.5 Å². The predicted molar refractivity (Wildman–Crippen MR) is 107 cm³/mol. The average molecular weight is 338 g/mol. The molecule has 24 heavy (non-hydrogen) atoms. The number of unbranched alkanes of at least 4 members (excludes halogenated alkanes) is 13. The molecule has 0 saturated heterocycles. The monoisotopic (exact) mass is 337 g/mol. The minimum atomic E-state index is -0.289. The molecule has 0 saturated carbocycles. The van der Waals surface area contributed by atoms with E-state index in [1.165, 1.54) is 96.3 Å². The van der Waals surface area contributed by atoms with Gasteiger partial charge in [-0.25, -0.2) is 0 Å². The first kappa shape index (κ1) is 23.2. The number of nitrogens with two attached hydrogens (primary N) is 1. The van der Waals surface area contributed by atoms with Crippen LogP contribution in [0.2, 0.25) is 0 Å². The van der Waals surface area contributed by atoms with Gasteiger partial charge in [-0.3, -0.25) is 4.79 Å². The second-order valence-corrected chi connectivity index (χ2v) is 7.58. The van der Waals surface area contributed by atoms with Crippen LogP contribution < -0.4 is 5.73 Å². The van der Waals surface area contributed by atoms with Crippen molar-refractivity contribution < 1.29 is 4.79 Å². The van der Waals surface area contributed by atoms with E-state index in [0.717, 1.165) is 0 Å². The van der Waals surface area contributed by atoms with Crippen molar-refractivity contribution in [1.82, 2.24) is 0 Å². The molecule has 0 fully saturated rings. The molecule has 0 radical (unpaired) electrons. The Bertz CT molecular complexity index is 322. The number of carbonyl (C=O) groups excluding carboxylic acids is 1. The number of hydrogen-bond donors (Lipinski definition) is 1. The number of allylic oxidation sites excluding steroid dienone is 1. The Balaban J connectivity index is 3.26. The molecule has 2 nitrogen and oxygen atoms in total. The molecular formula is C22H43NO. The molecule has 1 atom stereocenters. The zero-order valence-electron chi connectivity index (χ0n) is 16.7. The zero-order valence-corrected chi connectivity index (χ0v) is 16.7. The van der Waals surface area contributed by atoms with Gasteiger partial charge < -0.3 is 5.73 Å². The van der Waals surface area contributed by atoms with Gasteiger partial charge in [0.25, 0.3) is 0 Å². The van der Waals surface area contributed by atoms with Crippen molar-refractivity contribution in [3.63, 3.8) is 0 Å². The molecule has 2 N–H and O–H groups in total. The van der Waals surface area contributed by atoms with Gasteiger partial charge in [0.05, 0.1) is 0 Å². The summed E-state index contributed by atoms with van der Waals surface area (Å²) >= 11 is 0. The van der Waals surface area contributed by atoms with E-state index in [-0.39, 0.29) is 5.91 Å². The summed E-state index contributed by atoms with van der Waals surface area (Å²) in [6, 6.07) is 0. The first-order valence-corrected chi connectivity index (χ1v) is 10.6. The van der Waals surface area contributed by atoms with Crippen LogP contribution >= 0.6 is 0 Å². The van der Waals surface area contributed by atoms with Gasteiger partial charge in [0, 0.05) is 5.57 Å². The molecular weight excluding hydrogens is 294 g/mol. The summed E-state index contributed by atoms with van der Waals surface area (Å²) in [7, 11) is 0. The van der Waals surface area contributed by atoms with E-state index in [2.05, 4.69) is 13.8 Å². The summed E-state index contributed by atoms with van der Waals surface area (Å²) in [5.74, 6) is 0.178. The van der Waals surface area contributed by atoms with Gasteiger partial charge >= 0.3 is 0 Å². The molecule has 0 aromatic rings. The Morgan fingerprint density at radius 1 is 0.792 bits per heavy atom. The lowest BCUT2D eigenvalue weighted by Gasteiger charge is -2.07. The van der Waals surface area contributed by atoms with Crippen molar-refractivity contribution >= 4 is 5.91 Å². The summed E-state index contributed by atoms with van der Waals surface area (Å²) in [5, 5.41) is 0. The molecule has 0 aliphatic heterocycles. The molecule has 0 spiro atoms. The van der Waals surface area contributed by atoms with E-state index in [4.69, 9.17) is 5.73 Å². The SMILES string of the molecule is CCCCCCCCCCCCCCCCC(C)C=C(C)C(N)=O. The average Bonchev–Trinajstić information content (AvgIpc) is 2.55. The first-order chi connectivity index (χ1) is 11.6. The fraction of sp³-hybridized carbons (Fsp3) is 0.864. The van der Waals surface area contributed by atoms with Crippen LogP contribution in [0.5, 0.6) is 0 Å². The Labute approximate surface area is 151 Å². The van der Waals surface area contributed by atoms with Crippen molar-refractivity contribution in [3.8, 4) is 0 Å². The number of rotatable bonds is 17. The van der Waals surface area contributed by atoms with Crippen LogP contribution in [0.3, 0.4) is 0 Å². The molecule has 0 bridgehead atoms. The van der Waals surface area contributed by atoms with Crippen molar-refractivity contribution in [1.29, 1.82) is 0 Å². The van der Waals surface area contributed by atoms with E-state index >= 15 is 0 Å². The van der Waals surface area contributed by atoms with Gasteiger partial charge in [-0.1, -0.05) is 110 Å². The van der Waals surface area contributed by atoms with Crippen LogP contribution in [0.25, 0.3) is 0 Å². The Morgan fingerprint density at radius 2 is 1.17 bits per heavy atom. The molecule has 0 heterocycles. The maximum Gasteiger partial charge on any atom is 0.244 e. The van der Waals surface area contributed by atoms with E-state index in [9.17, 15) is 4.79 Å². The van der Waals surface area contributed by atoms with E-state index < -0.39 is 0 Å². The van der Waals surface area contributed by atoms with Gasteiger partial charge in [-0.05, 0) is 19.3 Å². The molecule has 1 amide bonds. The minimum absolute atomic E-state index is 0.289. The molecule has 0 aliphatic rings. The lowest BCUT2D eigenvalue weighted by atomic mass is 9.99. The van der Waals surface area contributed by atoms with Gasteiger partial charge in [0.15, 0.2) is 0 Å². The standard InChI is InChI=1S/C22H43NO/c1-4-5-6-7-8-9-10-11-12-13-14-15-16-17-18-20(2)19-21(3)22(23)24/h19-20H,4-18H2,1-3H3,(H2,23,24). The Hall–Kier alpha value is -0.790. The van der Waals surface area contributed by atoms with Crippen LogP contribution in [0.15, 0.2) is 11.6 Å². The molecule has 0 aromatic carbocycles. The van der Waals surface area contributed by atoms with Crippen molar-refractivity contribution in [2.24, 2.45) is 11.7 Å². The highest BCUT2D eigenvalue weighted by Gasteiger charge is 2.02. The minimum Gasteiger partial charge on any atom is -0.366 e. The highest BCUT2D eigenvalue weighted by atomic mass is 16.1. The summed E-state index contributed by atoms with van der Waals surface area (Å²) in [5.41, 5.74) is 5.96. The van der Waals surface area contributed by atoms with Gasteiger partial charge in [0.1, 0.15) is 0 Å². The number of primary amides is 1. The Morgan fingerprint density at radius 3 is 1.54 bits per heavy atom.